The van der Waals surface area contributed by atoms with Crippen molar-refractivity contribution in [2.75, 3.05) is 13.2 Å². The molecular formula is C19H22O4. The van der Waals surface area contributed by atoms with Crippen LogP contribution in [0.25, 0.3) is 0 Å². The van der Waals surface area contributed by atoms with Gasteiger partial charge in [0.25, 0.3) is 0 Å². The van der Waals surface area contributed by atoms with Crippen molar-refractivity contribution in [3.8, 4) is 5.75 Å². The van der Waals surface area contributed by atoms with E-state index in [1.54, 1.807) is 31.2 Å². The van der Waals surface area contributed by atoms with E-state index in [0.717, 1.165) is 6.42 Å². The van der Waals surface area contributed by atoms with E-state index in [9.17, 15) is 9.90 Å². The summed E-state index contributed by atoms with van der Waals surface area (Å²) in [7, 11) is 0. The van der Waals surface area contributed by atoms with Crippen molar-refractivity contribution in [3.63, 3.8) is 0 Å². The van der Waals surface area contributed by atoms with Gasteiger partial charge < -0.3 is 14.6 Å². The normalized spacial score (nSPS) is 13.2. The van der Waals surface area contributed by atoms with Gasteiger partial charge in [0, 0.05) is 6.42 Å². The molecule has 0 saturated carbocycles. The van der Waals surface area contributed by atoms with Crippen LogP contribution in [0.15, 0.2) is 54.6 Å². The van der Waals surface area contributed by atoms with Crippen molar-refractivity contribution < 1.29 is 19.4 Å². The zero-order valence-electron chi connectivity index (χ0n) is 13.5. The van der Waals surface area contributed by atoms with Gasteiger partial charge >= 0.3 is 5.97 Å². The molecule has 1 unspecified atom stereocenters. The first kappa shape index (κ1) is 17.0. The van der Waals surface area contributed by atoms with Crippen LogP contribution in [-0.4, -0.2) is 24.3 Å². The van der Waals surface area contributed by atoms with Crippen LogP contribution in [0, 0.1) is 0 Å². The SMILES string of the molecule is CCOC(=O)C(C)(O)c1ccc(OCCc2ccccc2)cc1. The second-order valence-corrected chi connectivity index (χ2v) is 5.40. The molecule has 0 aromatic heterocycles. The Morgan fingerprint density at radius 3 is 2.35 bits per heavy atom. The predicted molar refractivity (Wildman–Crippen MR) is 88.3 cm³/mol. The summed E-state index contributed by atoms with van der Waals surface area (Å²) in [5.74, 6) is 0.0436. The van der Waals surface area contributed by atoms with Crippen LogP contribution in [0.5, 0.6) is 5.75 Å². The van der Waals surface area contributed by atoms with Gasteiger partial charge in [-0.1, -0.05) is 42.5 Å². The summed E-state index contributed by atoms with van der Waals surface area (Å²) in [5, 5.41) is 10.3. The Labute approximate surface area is 136 Å². The molecule has 0 saturated heterocycles. The van der Waals surface area contributed by atoms with Crippen molar-refractivity contribution in [2.45, 2.75) is 25.9 Å². The zero-order valence-corrected chi connectivity index (χ0v) is 13.5. The lowest BCUT2D eigenvalue weighted by Crippen LogP contribution is -2.34. The standard InChI is InChI=1S/C19H22O4/c1-3-22-18(20)19(2,21)16-9-11-17(12-10-16)23-14-13-15-7-5-4-6-8-15/h4-12,21H,3,13-14H2,1-2H3. The van der Waals surface area contributed by atoms with Gasteiger partial charge in [-0.25, -0.2) is 4.79 Å². The highest BCUT2D eigenvalue weighted by atomic mass is 16.5. The quantitative estimate of drug-likeness (QED) is 0.798. The molecule has 2 aromatic carbocycles. The fraction of sp³-hybridized carbons (Fsp3) is 0.316. The van der Waals surface area contributed by atoms with Gasteiger partial charge in [-0.2, -0.15) is 0 Å². The average Bonchev–Trinajstić information content (AvgIpc) is 2.56. The molecule has 1 atom stereocenters. The lowest BCUT2D eigenvalue weighted by atomic mass is 9.96. The number of benzene rings is 2. The Bertz CT molecular complexity index is 618. The highest BCUT2D eigenvalue weighted by Gasteiger charge is 2.33. The molecule has 0 aliphatic heterocycles. The van der Waals surface area contributed by atoms with Crippen LogP contribution in [0.1, 0.15) is 25.0 Å². The van der Waals surface area contributed by atoms with Gasteiger partial charge in [0.15, 0.2) is 5.60 Å². The third-order valence-electron chi connectivity index (χ3n) is 3.59. The molecule has 0 aliphatic carbocycles. The van der Waals surface area contributed by atoms with Crippen molar-refractivity contribution in [2.24, 2.45) is 0 Å². The Hall–Kier alpha value is -2.33. The summed E-state index contributed by atoms with van der Waals surface area (Å²) in [5.41, 5.74) is 0.0409. The Morgan fingerprint density at radius 2 is 1.74 bits per heavy atom. The molecule has 2 aromatic rings. The first-order chi connectivity index (χ1) is 11.0. The number of ether oxygens (including phenoxy) is 2. The lowest BCUT2D eigenvalue weighted by Gasteiger charge is -2.21. The fourth-order valence-electron chi connectivity index (χ4n) is 2.20. The number of carbonyl (C=O) groups excluding carboxylic acids is 1. The van der Waals surface area contributed by atoms with Crippen LogP contribution >= 0.6 is 0 Å². The molecule has 1 N–H and O–H groups in total. The molecular weight excluding hydrogens is 292 g/mol. The van der Waals surface area contributed by atoms with Crippen molar-refractivity contribution in [1.29, 1.82) is 0 Å². The summed E-state index contributed by atoms with van der Waals surface area (Å²) < 4.78 is 10.6. The second-order valence-electron chi connectivity index (χ2n) is 5.40. The number of rotatable bonds is 7. The monoisotopic (exact) mass is 314 g/mol. The average molecular weight is 314 g/mol. The molecule has 0 radical (unpaired) electrons. The van der Waals surface area contributed by atoms with E-state index in [-0.39, 0.29) is 6.61 Å². The maximum absolute atomic E-state index is 11.8. The van der Waals surface area contributed by atoms with Crippen LogP contribution in [0.4, 0.5) is 0 Å². The third kappa shape index (κ3) is 4.57. The molecule has 0 heterocycles. The van der Waals surface area contributed by atoms with Gasteiger partial charge in [0.1, 0.15) is 5.75 Å². The van der Waals surface area contributed by atoms with Crippen molar-refractivity contribution >= 4 is 5.97 Å². The Morgan fingerprint density at radius 1 is 1.09 bits per heavy atom. The van der Waals surface area contributed by atoms with E-state index in [1.807, 2.05) is 18.2 Å². The molecule has 0 fully saturated rings. The molecule has 4 heteroatoms. The van der Waals surface area contributed by atoms with E-state index < -0.39 is 11.6 Å². The van der Waals surface area contributed by atoms with Gasteiger partial charge in [-0.3, -0.25) is 0 Å². The largest absolute Gasteiger partial charge is 0.493 e. The van der Waals surface area contributed by atoms with Gasteiger partial charge in [0.2, 0.25) is 0 Å². The smallest absolute Gasteiger partial charge is 0.342 e. The molecule has 4 nitrogen and oxygen atoms in total. The molecule has 23 heavy (non-hydrogen) atoms. The first-order valence-electron chi connectivity index (χ1n) is 7.71. The molecule has 0 bridgehead atoms. The van der Waals surface area contributed by atoms with Crippen LogP contribution in [-0.2, 0) is 21.6 Å². The summed E-state index contributed by atoms with van der Waals surface area (Å²) in [6.07, 6.45) is 0.823. The maximum atomic E-state index is 11.8. The number of aliphatic hydroxyl groups is 1. The van der Waals surface area contributed by atoms with E-state index in [1.165, 1.54) is 12.5 Å². The minimum absolute atomic E-state index is 0.232. The highest BCUT2D eigenvalue weighted by molar-refractivity contribution is 5.80. The Balaban J connectivity index is 1.93. The lowest BCUT2D eigenvalue weighted by molar-refractivity contribution is -0.164. The van der Waals surface area contributed by atoms with Crippen LogP contribution < -0.4 is 4.74 Å². The molecule has 0 spiro atoms. The molecule has 0 aliphatic rings. The molecule has 122 valence electrons. The summed E-state index contributed by atoms with van der Waals surface area (Å²) in [6.45, 7) is 3.93. The van der Waals surface area contributed by atoms with Gasteiger partial charge in [-0.15, -0.1) is 0 Å². The first-order valence-corrected chi connectivity index (χ1v) is 7.71. The summed E-state index contributed by atoms with van der Waals surface area (Å²) in [6, 6.07) is 16.9. The van der Waals surface area contributed by atoms with Gasteiger partial charge in [0.05, 0.1) is 13.2 Å². The number of hydrogen-bond donors (Lipinski definition) is 1. The summed E-state index contributed by atoms with van der Waals surface area (Å²) >= 11 is 0. The van der Waals surface area contributed by atoms with Crippen LogP contribution in [0.2, 0.25) is 0 Å². The van der Waals surface area contributed by atoms with Crippen LogP contribution in [0.3, 0.4) is 0 Å². The number of carbonyl (C=O) groups is 1. The van der Waals surface area contributed by atoms with E-state index >= 15 is 0 Å². The minimum Gasteiger partial charge on any atom is -0.493 e. The van der Waals surface area contributed by atoms with Crippen molar-refractivity contribution in [1.82, 2.24) is 0 Å². The molecule has 0 amide bonds. The van der Waals surface area contributed by atoms with E-state index in [2.05, 4.69) is 12.1 Å². The Kier molecular flexibility index (Phi) is 5.77. The number of esters is 1. The predicted octanol–water partition coefficient (Wildman–Crippen LogP) is 3.08. The fourth-order valence-corrected chi connectivity index (χ4v) is 2.20. The number of hydrogen-bond acceptors (Lipinski definition) is 4. The second kappa shape index (κ2) is 7.79. The highest BCUT2D eigenvalue weighted by Crippen LogP contribution is 2.24. The topological polar surface area (TPSA) is 55.8 Å². The van der Waals surface area contributed by atoms with Crippen molar-refractivity contribution in [3.05, 3.63) is 65.7 Å². The minimum atomic E-state index is -1.65. The van der Waals surface area contributed by atoms with E-state index in [4.69, 9.17) is 9.47 Å². The van der Waals surface area contributed by atoms with E-state index in [0.29, 0.717) is 17.9 Å². The van der Waals surface area contributed by atoms with Gasteiger partial charge in [-0.05, 0) is 37.1 Å². The molecule has 2 rings (SSSR count). The summed E-state index contributed by atoms with van der Waals surface area (Å²) in [4.78, 5) is 11.8. The third-order valence-corrected chi connectivity index (χ3v) is 3.59. The zero-order chi connectivity index (χ0) is 16.7. The maximum Gasteiger partial charge on any atom is 0.342 e.